The molecule has 3 rings (SSSR count). The van der Waals surface area contributed by atoms with Gasteiger partial charge in [-0.3, -0.25) is 9.69 Å². The number of para-hydroxylation sites is 1. The molecule has 0 spiro atoms. The van der Waals surface area contributed by atoms with E-state index in [2.05, 4.69) is 22.4 Å². The van der Waals surface area contributed by atoms with Gasteiger partial charge in [0.15, 0.2) is 0 Å². The van der Waals surface area contributed by atoms with Gasteiger partial charge in [0.25, 0.3) is 0 Å². The highest BCUT2D eigenvalue weighted by molar-refractivity contribution is 7.18. The van der Waals surface area contributed by atoms with Crippen LogP contribution in [0.5, 0.6) is 0 Å². The molecule has 1 aromatic carbocycles. The van der Waals surface area contributed by atoms with Gasteiger partial charge in [-0.2, -0.15) is 5.26 Å². The van der Waals surface area contributed by atoms with Crippen LogP contribution >= 0.6 is 11.3 Å². The van der Waals surface area contributed by atoms with Crippen LogP contribution in [0.4, 0.5) is 0 Å². The molecule has 1 fully saturated rings. The Morgan fingerprint density at radius 1 is 1.52 bits per heavy atom. The summed E-state index contributed by atoms with van der Waals surface area (Å²) >= 11 is 1.71. The number of hydrogen-bond donors (Lipinski definition) is 1. The number of carbonyl (C=O) groups excluding carboxylic acids is 1. The van der Waals surface area contributed by atoms with E-state index in [0.717, 1.165) is 29.9 Å². The maximum atomic E-state index is 12.5. The van der Waals surface area contributed by atoms with Crippen LogP contribution in [0.25, 0.3) is 10.2 Å². The highest BCUT2D eigenvalue weighted by Gasteiger charge is 2.33. The van der Waals surface area contributed by atoms with Crippen molar-refractivity contribution in [3.8, 4) is 6.07 Å². The van der Waals surface area contributed by atoms with Gasteiger partial charge >= 0.3 is 0 Å². The SMILES string of the molecule is CC(C)[C@@](C)(C#N)NC(=O)CN1CCC[C@@H]1c1nc2ccccc2s1. The second-order valence-electron chi connectivity index (χ2n) is 7.17. The normalized spacial score (nSPS) is 20.5. The van der Waals surface area contributed by atoms with E-state index in [1.807, 2.05) is 32.0 Å². The first-order valence-electron chi connectivity index (χ1n) is 8.75. The van der Waals surface area contributed by atoms with Gasteiger partial charge in [0.2, 0.25) is 5.91 Å². The molecule has 6 heteroatoms. The predicted molar refractivity (Wildman–Crippen MR) is 100 cm³/mol. The number of nitrogens with one attached hydrogen (secondary N) is 1. The van der Waals surface area contributed by atoms with Crippen molar-refractivity contribution in [2.75, 3.05) is 13.1 Å². The third-order valence-corrected chi connectivity index (χ3v) is 6.23. The lowest BCUT2D eigenvalue weighted by atomic mass is 9.90. The molecule has 0 saturated carbocycles. The van der Waals surface area contributed by atoms with Gasteiger partial charge in [0, 0.05) is 0 Å². The number of benzene rings is 1. The van der Waals surface area contributed by atoms with Gasteiger partial charge in [-0.15, -0.1) is 11.3 Å². The molecule has 1 saturated heterocycles. The Balaban J connectivity index is 1.71. The summed E-state index contributed by atoms with van der Waals surface area (Å²) in [6, 6.07) is 10.6. The summed E-state index contributed by atoms with van der Waals surface area (Å²) in [7, 11) is 0. The topological polar surface area (TPSA) is 69.0 Å². The molecule has 1 aromatic heterocycles. The third-order valence-electron chi connectivity index (χ3n) is 5.09. The Morgan fingerprint density at radius 3 is 2.96 bits per heavy atom. The van der Waals surface area contributed by atoms with Gasteiger partial charge in [-0.05, 0) is 44.4 Å². The minimum atomic E-state index is -0.831. The van der Waals surface area contributed by atoms with Crippen molar-refractivity contribution in [2.24, 2.45) is 5.92 Å². The van der Waals surface area contributed by atoms with Crippen molar-refractivity contribution in [1.29, 1.82) is 5.26 Å². The zero-order chi connectivity index (χ0) is 18.0. The van der Waals surface area contributed by atoms with E-state index in [9.17, 15) is 10.1 Å². The molecule has 5 nitrogen and oxygen atoms in total. The summed E-state index contributed by atoms with van der Waals surface area (Å²) < 4.78 is 1.19. The zero-order valence-electron chi connectivity index (χ0n) is 15.0. The summed E-state index contributed by atoms with van der Waals surface area (Å²) in [5, 5.41) is 13.4. The monoisotopic (exact) mass is 356 g/mol. The second-order valence-corrected chi connectivity index (χ2v) is 8.23. The zero-order valence-corrected chi connectivity index (χ0v) is 15.8. The van der Waals surface area contributed by atoms with Crippen LogP contribution in [-0.2, 0) is 4.79 Å². The Kier molecular flexibility index (Phi) is 5.07. The number of nitriles is 1. The quantitative estimate of drug-likeness (QED) is 0.890. The number of fused-ring (bicyclic) bond motifs is 1. The van der Waals surface area contributed by atoms with E-state index in [4.69, 9.17) is 4.98 Å². The highest BCUT2D eigenvalue weighted by Crippen LogP contribution is 2.36. The lowest BCUT2D eigenvalue weighted by molar-refractivity contribution is -0.124. The largest absolute Gasteiger partial charge is 0.337 e. The third kappa shape index (κ3) is 3.68. The van der Waals surface area contributed by atoms with E-state index in [-0.39, 0.29) is 17.9 Å². The molecule has 0 aliphatic carbocycles. The number of amides is 1. The molecule has 1 amide bonds. The van der Waals surface area contributed by atoms with E-state index in [0.29, 0.717) is 6.54 Å². The average molecular weight is 356 g/mol. The van der Waals surface area contributed by atoms with Crippen LogP contribution in [0.2, 0.25) is 0 Å². The molecule has 25 heavy (non-hydrogen) atoms. The molecule has 1 N–H and O–H groups in total. The minimum absolute atomic E-state index is 0.0556. The first-order chi connectivity index (χ1) is 11.9. The maximum absolute atomic E-state index is 12.5. The van der Waals surface area contributed by atoms with Gasteiger partial charge in [-0.1, -0.05) is 26.0 Å². The van der Waals surface area contributed by atoms with E-state index < -0.39 is 5.54 Å². The first-order valence-corrected chi connectivity index (χ1v) is 9.56. The Hall–Kier alpha value is -1.97. The molecule has 0 unspecified atom stereocenters. The van der Waals surface area contributed by atoms with Crippen molar-refractivity contribution in [2.45, 2.75) is 45.2 Å². The van der Waals surface area contributed by atoms with E-state index >= 15 is 0 Å². The van der Waals surface area contributed by atoms with Gasteiger partial charge in [-0.25, -0.2) is 4.98 Å². The van der Waals surface area contributed by atoms with Crippen molar-refractivity contribution in [3.05, 3.63) is 29.3 Å². The van der Waals surface area contributed by atoms with Gasteiger partial charge in [0.05, 0.1) is 28.9 Å². The molecule has 1 aliphatic heterocycles. The van der Waals surface area contributed by atoms with Crippen LogP contribution in [0, 0.1) is 17.2 Å². The van der Waals surface area contributed by atoms with Crippen LogP contribution in [-0.4, -0.2) is 34.4 Å². The van der Waals surface area contributed by atoms with Crippen LogP contribution in [0.1, 0.15) is 44.7 Å². The van der Waals surface area contributed by atoms with E-state index in [1.54, 1.807) is 18.3 Å². The summed E-state index contributed by atoms with van der Waals surface area (Å²) in [6.07, 6.45) is 2.08. The lowest BCUT2D eigenvalue weighted by Crippen LogP contribution is -2.51. The van der Waals surface area contributed by atoms with Crippen LogP contribution in [0.3, 0.4) is 0 Å². The van der Waals surface area contributed by atoms with Gasteiger partial charge in [0.1, 0.15) is 10.5 Å². The molecule has 132 valence electrons. The standard InChI is InChI=1S/C19H24N4OS/c1-13(2)19(3,12-20)22-17(24)11-23-10-6-8-15(23)18-21-14-7-4-5-9-16(14)25-18/h4-5,7,9,13,15H,6,8,10-11H2,1-3H3,(H,22,24)/t15-,19-/m1/s1. The Morgan fingerprint density at radius 2 is 2.28 bits per heavy atom. The summed E-state index contributed by atoms with van der Waals surface area (Å²) in [5.41, 5.74) is 0.193. The lowest BCUT2D eigenvalue weighted by Gasteiger charge is -2.29. The van der Waals surface area contributed by atoms with Crippen molar-refractivity contribution < 1.29 is 4.79 Å². The second kappa shape index (κ2) is 7.11. The summed E-state index contributed by atoms with van der Waals surface area (Å²) in [5.74, 6) is -0.0363. The first kappa shape index (κ1) is 17.8. The highest BCUT2D eigenvalue weighted by atomic mass is 32.1. The van der Waals surface area contributed by atoms with Crippen LogP contribution < -0.4 is 5.32 Å². The molecule has 2 atom stereocenters. The molecule has 0 radical (unpaired) electrons. The number of nitrogens with zero attached hydrogens (tertiary/aromatic N) is 3. The van der Waals surface area contributed by atoms with Crippen molar-refractivity contribution >= 4 is 27.5 Å². The molecule has 0 bridgehead atoms. The molecule has 2 aromatic rings. The molecular formula is C19H24N4OS. The fourth-order valence-electron chi connectivity index (χ4n) is 3.14. The van der Waals surface area contributed by atoms with Crippen molar-refractivity contribution in [3.63, 3.8) is 0 Å². The minimum Gasteiger partial charge on any atom is -0.337 e. The van der Waals surface area contributed by atoms with Crippen molar-refractivity contribution in [1.82, 2.24) is 15.2 Å². The average Bonchev–Trinajstić information content (AvgIpc) is 3.20. The molecule has 1 aliphatic rings. The fraction of sp³-hybridized carbons (Fsp3) is 0.526. The van der Waals surface area contributed by atoms with E-state index in [1.165, 1.54) is 4.70 Å². The number of hydrogen-bond acceptors (Lipinski definition) is 5. The smallest absolute Gasteiger partial charge is 0.235 e. The summed E-state index contributed by atoms with van der Waals surface area (Å²) in [4.78, 5) is 19.5. The van der Waals surface area contributed by atoms with Gasteiger partial charge < -0.3 is 5.32 Å². The Labute approximate surface area is 152 Å². The molecule has 2 heterocycles. The van der Waals surface area contributed by atoms with Crippen LogP contribution in [0.15, 0.2) is 24.3 Å². The molecular weight excluding hydrogens is 332 g/mol. The number of thiazole rings is 1. The Bertz CT molecular complexity index is 776. The maximum Gasteiger partial charge on any atom is 0.235 e. The number of rotatable bonds is 5. The predicted octanol–water partition coefficient (Wildman–Crippen LogP) is 3.49. The number of carbonyl (C=O) groups is 1. The number of likely N-dealkylation sites (tertiary alicyclic amines) is 1. The fourth-order valence-corrected chi connectivity index (χ4v) is 4.28. The number of aromatic nitrogens is 1. The summed E-state index contributed by atoms with van der Waals surface area (Å²) in [6.45, 7) is 6.88.